The molecule has 2 aliphatic rings. The van der Waals surface area contributed by atoms with Gasteiger partial charge in [0.05, 0.1) is 11.7 Å². The summed E-state index contributed by atoms with van der Waals surface area (Å²) in [7, 11) is 4.10. The topological polar surface area (TPSA) is 78.8 Å². The van der Waals surface area contributed by atoms with E-state index in [9.17, 15) is 4.79 Å². The molecule has 7 nitrogen and oxygen atoms in total. The fourth-order valence-corrected chi connectivity index (χ4v) is 5.22. The average Bonchev–Trinajstić information content (AvgIpc) is 3.35. The number of likely N-dealkylation sites (tertiary alicyclic amines) is 1. The lowest BCUT2D eigenvalue weighted by Gasteiger charge is -2.58. The maximum atomic E-state index is 13.0. The number of carbonyl (C=O) groups excluding carboxylic acids is 1. The summed E-state index contributed by atoms with van der Waals surface area (Å²) in [5.41, 5.74) is 3.87. The number of nitrogens with one attached hydrogen (secondary N) is 2. The van der Waals surface area contributed by atoms with E-state index in [0.717, 1.165) is 34.9 Å². The van der Waals surface area contributed by atoms with Gasteiger partial charge in [-0.2, -0.15) is 10.2 Å². The van der Waals surface area contributed by atoms with E-state index in [1.807, 2.05) is 37.6 Å². The van der Waals surface area contributed by atoms with Crippen molar-refractivity contribution in [3.05, 3.63) is 36.3 Å². The Morgan fingerprint density at radius 2 is 2.03 bits per heavy atom. The molecule has 1 aliphatic carbocycles. The van der Waals surface area contributed by atoms with E-state index in [2.05, 4.69) is 39.5 Å². The Morgan fingerprint density at radius 3 is 2.69 bits per heavy atom. The Labute approximate surface area is 170 Å². The average molecular weight is 393 g/mol. The predicted octanol–water partition coefficient (Wildman–Crippen LogP) is 2.96. The van der Waals surface area contributed by atoms with Crippen LogP contribution in [0.3, 0.4) is 0 Å². The molecule has 1 saturated heterocycles. The Kier molecular flexibility index (Phi) is 4.24. The van der Waals surface area contributed by atoms with E-state index < -0.39 is 0 Å². The van der Waals surface area contributed by atoms with Crippen molar-refractivity contribution in [1.82, 2.24) is 30.2 Å². The number of rotatable bonds is 3. The molecule has 1 amide bonds. The summed E-state index contributed by atoms with van der Waals surface area (Å²) < 4.78 is 1.78. The lowest BCUT2D eigenvalue weighted by molar-refractivity contribution is -0.0749. The number of aromatic nitrogens is 4. The lowest BCUT2D eigenvalue weighted by atomic mass is 9.62. The second-order valence-electron chi connectivity index (χ2n) is 8.94. The molecule has 2 fully saturated rings. The molecule has 29 heavy (non-hydrogen) atoms. The lowest BCUT2D eigenvalue weighted by Crippen LogP contribution is -2.63. The van der Waals surface area contributed by atoms with Crippen molar-refractivity contribution in [3.8, 4) is 11.1 Å². The van der Waals surface area contributed by atoms with Gasteiger partial charge in [0, 0.05) is 42.8 Å². The fourth-order valence-electron chi connectivity index (χ4n) is 5.22. The molecule has 1 aliphatic heterocycles. The third-order valence-corrected chi connectivity index (χ3v) is 7.24. The molecule has 3 heterocycles. The van der Waals surface area contributed by atoms with Gasteiger partial charge in [-0.25, -0.2) is 0 Å². The van der Waals surface area contributed by atoms with E-state index in [-0.39, 0.29) is 11.9 Å². The maximum Gasteiger partial charge on any atom is 0.272 e. The minimum Gasteiger partial charge on any atom is -0.348 e. The molecule has 5 rings (SSSR count). The highest BCUT2D eigenvalue weighted by Gasteiger charge is 2.49. The van der Waals surface area contributed by atoms with Crippen LogP contribution in [0.15, 0.2) is 30.6 Å². The van der Waals surface area contributed by atoms with Crippen LogP contribution in [0.4, 0.5) is 0 Å². The van der Waals surface area contributed by atoms with Crippen LogP contribution < -0.4 is 5.32 Å². The van der Waals surface area contributed by atoms with Gasteiger partial charge in [-0.15, -0.1) is 0 Å². The van der Waals surface area contributed by atoms with Crippen LogP contribution in [-0.4, -0.2) is 56.5 Å². The van der Waals surface area contributed by atoms with E-state index in [4.69, 9.17) is 0 Å². The molecule has 7 heteroatoms. The van der Waals surface area contributed by atoms with Gasteiger partial charge in [0.15, 0.2) is 5.69 Å². The zero-order chi connectivity index (χ0) is 20.2. The number of aromatic amines is 1. The highest BCUT2D eigenvalue weighted by molar-refractivity contribution is 6.05. The zero-order valence-corrected chi connectivity index (χ0v) is 17.3. The quantitative estimate of drug-likeness (QED) is 0.718. The third-order valence-electron chi connectivity index (χ3n) is 7.24. The smallest absolute Gasteiger partial charge is 0.272 e. The Bertz CT molecular complexity index is 1060. The van der Waals surface area contributed by atoms with Crippen LogP contribution in [0, 0.1) is 5.41 Å². The Morgan fingerprint density at radius 1 is 1.24 bits per heavy atom. The molecular weight excluding hydrogens is 364 g/mol. The van der Waals surface area contributed by atoms with Gasteiger partial charge in [-0.3, -0.25) is 14.6 Å². The number of hydrogen-bond acceptors (Lipinski definition) is 4. The summed E-state index contributed by atoms with van der Waals surface area (Å²) in [6.45, 7) is 3.52. The summed E-state index contributed by atoms with van der Waals surface area (Å²) >= 11 is 0. The van der Waals surface area contributed by atoms with Gasteiger partial charge >= 0.3 is 0 Å². The Hall–Kier alpha value is -2.67. The minimum atomic E-state index is -0.0840. The van der Waals surface area contributed by atoms with Crippen molar-refractivity contribution >= 4 is 16.8 Å². The van der Waals surface area contributed by atoms with E-state index in [1.54, 1.807) is 4.68 Å². The summed E-state index contributed by atoms with van der Waals surface area (Å²) in [6.07, 6.45) is 8.28. The van der Waals surface area contributed by atoms with Crippen molar-refractivity contribution in [1.29, 1.82) is 0 Å². The Balaban J connectivity index is 1.31. The largest absolute Gasteiger partial charge is 0.348 e. The SMILES string of the molecule is CC1N(C)CC12CCC(NC(=O)c1n[nH]c3ccc(-c4cnn(C)c4)cc13)CC2. The fraction of sp³-hybridized carbons (Fsp3) is 0.500. The standard InChI is InChI=1S/C22H28N6O/c1-14-22(13-27(14)2)8-6-17(7-9-22)24-21(29)20-18-10-15(4-5-19(18)25-26-20)16-11-23-28(3)12-16/h4-5,10-12,14,17H,6-9,13H2,1-3H3,(H,24,29)(H,25,26). The van der Waals surface area contributed by atoms with E-state index in [0.29, 0.717) is 17.2 Å². The molecule has 2 N–H and O–H groups in total. The van der Waals surface area contributed by atoms with Crippen LogP contribution in [0.25, 0.3) is 22.0 Å². The first kappa shape index (κ1) is 18.4. The second kappa shape index (κ2) is 6.69. The van der Waals surface area contributed by atoms with Crippen LogP contribution in [0.5, 0.6) is 0 Å². The molecule has 1 atom stereocenters. The van der Waals surface area contributed by atoms with Gasteiger partial charge in [0.25, 0.3) is 5.91 Å². The van der Waals surface area contributed by atoms with E-state index in [1.165, 1.54) is 19.4 Å². The molecule has 0 radical (unpaired) electrons. The van der Waals surface area contributed by atoms with Crippen molar-refractivity contribution in [3.63, 3.8) is 0 Å². The van der Waals surface area contributed by atoms with Gasteiger partial charge in [-0.05, 0) is 62.8 Å². The molecule has 1 unspecified atom stereocenters. The highest BCUT2D eigenvalue weighted by atomic mass is 16.2. The number of benzene rings is 1. The first-order chi connectivity index (χ1) is 13.9. The van der Waals surface area contributed by atoms with Crippen molar-refractivity contribution in [2.24, 2.45) is 12.5 Å². The molecule has 2 aromatic heterocycles. The molecule has 1 saturated carbocycles. The van der Waals surface area contributed by atoms with Crippen LogP contribution in [0.2, 0.25) is 0 Å². The van der Waals surface area contributed by atoms with Crippen LogP contribution in [0.1, 0.15) is 43.1 Å². The summed E-state index contributed by atoms with van der Waals surface area (Å²) in [5.74, 6) is -0.0840. The molecule has 3 aromatic rings. The number of aryl methyl sites for hydroxylation is 1. The van der Waals surface area contributed by atoms with Gasteiger partial charge in [0.2, 0.25) is 0 Å². The number of H-pyrrole nitrogens is 1. The molecule has 152 valence electrons. The van der Waals surface area contributed by atoms with Crippen LogP contribution in [-0.2, 0) is 7.05 Å². The van der Waals surface area contributed by atoms with Gasteiger partial charge in [-0.1, -0.05) is 6.07 Å². The summed E-state index contributed by atoms with van der Waals surface area (Å²) in [6, 6.07) is 6.91. The minimum absolute atomic E-state index is 0.0840. The van der Waals surface area contributed by atoms with Gasteiger partial charge in [0.1, 0.15) is 0 Å². The maximum absolute atomic E-state index is 13.0. The van der Waals surface area contributed by atoms with Crippen molar-refractivity contribution in [2.45, 2.75) is 44.7 Å². The highest BCUT2D eigenvalue weighted by Crippen LogP contribution is 2.48. The molecule has 1 spiro atoms. The number of amides is 1. The molecule has 1 aromatic carbocycles. The number of carbonyl (C=O) groups is 1. The predicted molar refractivity (Wildman–Crippen MR) is 113 cm³/mol. The van der Waals surface area contributed by atoms with Gasteiger partial charge < -0.3 is 10.2 Å². The number of nitrogens with zero attached hydrogens (tertiary/aromatic N) is 4. The first-order valence-corrected chi connectivity index (χ1v) is 10.4. The summed E-state index contributed by atoms with van der Waals surface area (Å²) in [4.78, 5) is 15.4. The normalized spacial score (nSPS) is 27.3. The van der Waals surface area contributed by atoms with E-state index >= 15 is 0 Å². The zero-order valence-electron chi connectivity index (χ0n) is 17.3. The van der Waals surface area contributed by atoms with Crippen LogP contribution >= 0.6 is 0 Å². The van der Waals surface area contributed by atoms with Crippen molar-refractivity contribution in [2.75, 3.05) is 13.6 Å². The number of fused-ring (bicyclic) bond motifs is 1. The summed E-state index contributed by atoms with van der Waals surface area (Å²) in [5, 5.41) is 15.6. The monoisotopic (exact) mass is 392 g/mol. The molecular formula is C22H28N6O. The van der Waals surface area contributed by atoms with Crippen molar-refractivity contribution < 1.29 is 4.79 Å². The third kappa shape index (κ3) is 3.04. The number of hydrogen-bond donors (Lipinski definition) is 2. The molecule has 0 bridgehead atoms. The first-order valence-electron chi connectivity index (χ1n) is 10.4. The second-order valence-corrected chi connectivity index (χ2v) is 8.94.